The summed E-state index contributed by atoms with van der Waals surface area (Å²) in [5, 5.41) is 5.29. The Kier molecular flexibility index (Phi) is 5.32. The third-order valence-electron chi connectivity index (χ3n) is 4.65. The Labute approximate surface area is 151 Å². The van der Waals surface area contributed by atoms with Crippen molar-refractivity contribution in [2.24, 2.45) is 5.73 Å². The van der Waals surface area contributed by atoms with Crippen LogP contribution in [0.3, 0.4) is 0 Å². The van der Waals surface area contributed by atoms with E-state index in [4.69, 9.17) is 5.73 Å². The molecule has 2 aromatic carbocycles. The molecule has 0 aliphatic heterocycles. The zero-order valence-corrected chi connectivity index (χ0v) is 14.4. The molecule has 2 aromatic rings. The number of carbonyl (C=O) groups is 2. The first-order valence-electron chi connectivity index (χ1n) is 8.70. The molecule has 1 aliphatic rings. The Morgan fingerprint density at radius 2 is 1.73 bits per heavy atom. The van der Waals surface area contributed by atoms with Gasteiger partial charge < -0.3 is 16.4 Å². The Morgan fingerprint density at radius 1 is 1.04 bits per heavy atom. The fourth-order valence-corrected chi connectivity index (χ4v) is 3.16. The lowest BCUT2D eigenvalue weighted by Crippen LogP contribution is -2.48. The van der Waals surface area contributed by atoms with Crippen LogP contribution in [0, 0.1) is 5.82 Å². The predicted octanol–water partition coefficient (Wildman–Crippen LogP) is 3.22. The van der Waals surface area contributed by atoms with Gasteiger partial charge in [-0.05, 0) is 36.6 Å². The van der Waals surface area contributed by atoms with Gasteiger partial charge in [-0.3, -0.25) is 9.59 Å². The van der Waals surface area contributed by atoms with Crippen LogP contribution in [0.4, 0.5) is 15.8 Å². The van der Waals surface area contributed by atoms with Crippen LogP contribution in [-0.2, 0) is 16.0 Å². The molecule has 0 atom stereocenters. The first-order valence-corrected chi connectivity index (χ1v) is 8.70. The number of anilines is 2. The van der Waals surface area contributed by atoms with E-state index in [0.717, 1.165) is 18.4 Å². The van der Waals surface area contributed by atoms with Crippen molar-refractivity contribution >= 4 is 23.2 Å². The van der Waals surface area contributed by atoms with Gasteiger partial charge in [0.05, 0.1) is 17.6 Å². The molecule has 1 saturated carbocycles. The summed E-state index contributed by atoms with van der Waals surface area (Å²) in [6.45, 7) is 0. The van der Waals surface area contributed by atoms with Crippen LogP contribution in [0.25, 0.3) is 0 Å². The minimum Gasteiger partial charge on any atom is -0.324 e. The van der Waals surface area contributed by atoms with E-state index in [-0.39, 0.29) is 23.9 Å². The second-order valence-corrected chi connectivity index (χ2v) is 6.72. The van der Waals surface area contributed by atoms with E-state index in [9.17, 15) is 14.0 Å². The SMILES string of the molecule is NC1(C(=O)Nc2ccc(F)c(NC(=O)Cc3ccccc3)c2)CCCC1. The summed E-state index contributed by atoms with van der Waals surface area (Å²) in [7, 11) is 0. The third kappa shape index (κ3) is 4.26. The number of hydrogen-bond donors (Lipinski definition) is 3. The smallest absolute Gasteiger partial charge is 0.244 e. The molecule has 0 bridgehead atoms. The number of amides is 2. The van der Waals surface area contributed by atoms with Gasteiger partial charge in [-0.15, -0.1) is 0 Å². The van der Waals surface area contributed by atoms with Gasteiger partial charge in [0.1, 0.15) is 5.82 Å². The molecule has 0 spiro atoms. The molecule has 0 heterocycles. The predicted molar refractivity (Wildman–Crippen MR) is 99.2 cm³/mol. The summed E-state index contributed by atoms with van der Waals surface area (Å²) in [5.74, 6) is -1.17. The highest BCUT2D eigenvalue weighted by atomic mass is 19.1. The van der Waals surface area contributed by atoms with Crippen molar-refractivity contribution < 1.29 is 14.0 Å². The maximum Gasteiger partial charge on any atom is 0.244 e. The van der Waals surface area contributed by atoms with Gasteiger partial charge in [-0.25, -0.2) is 4.39 Å². The Morgan fingerprint density at radius 3 is 2.42 bits per heavy atom. The molecule has 3 rings (SSSR count). The number of hydrogen-bond acceptors (Lipinski definition) is 3. The Bertz CT molecular complexity index is 802. The van der Waals surface area contributed by atoms with Gasteiger partial charge in [-0.2, -0.15) is 0 Å². The Balaban J connectivity index is 1.67. The van der Waals surface area contributed by atoms with Gasteiger partial charge in [0.25, 0.3) is 0 Å². The third-order valence-corrected chi connectivity index (χ3v) is 4.65. The number of halogens is 1. The van der Waals surface area contributed by atoms with Crippen LogP contribution in [-0.4, -0.2) is 17.4 Å². The minimum atomic E-state index is -0.870. The number of rotatable bonds is 5. The number of nitrogens with two attached hydrogens (primary N) is 1. The van der Waals surface area contributed by atoms with Crippen molar-refractivity contribution in [2.75, 3.05) is 10.6 Å². The summed E-state index contributed by atoms with van der Waals surface area (Å²) in [4.78, 5) is 24.5. The number of nitrogens with one attached hydrogen (secondary N) is 2. The maximum atomic E-state index is 14.0. The average Bonchev–Trinajstić information content (AvgIpc) is 3.07. The molecule has 26 heavy (non-hydrogen) atoms. The largest absolute Gasteiger partial charge is 0.324 e. The molecule has 5 nitrogen and oxygen atoms in total. The van der Waals surface area contributed by atoms with Crippen LogP contribution in [0.1, 0.15) is 31.2 Å². The molecule has 4 N–H and O–H groups in total. The fourth-order valence-electron chi connectivity index (χ4n) is 3.16. The van der Waals surface area contributed by atoms with Gasteiger partial charge in [0.15, 0.2) is 0 Å². The highest BCUT2D eigenvalue weighted by Gasteiger charge is 2.37. The van der Waals surface area contributed by atoms with E-state index in [1.165, 1.54) is 18.2 Å². The molecular weight excluding hydrogens is 333 g/mol. The van der Waals surface area contributed by atoms with Gasteiger partial charge in [0, 0.05) is 5.69 Å². The summed E-state index contributed by atoms with van der Waals surface area (Å²) in [6.07, 6.45) is 3.27. The van der Waals surface area contributed by atoms with Gasteiger partial charge >= 0.3 is 0 Å². The zero-order valence-electron chi connectivity index (χ0n) is 14.4. The zero-order chi connectivity index (χ0) is 18.6. The van der Waals surface area contributed by atoms with E-state index in [2.05, 4.69) is 10.6 Å². The van der Waals surface area contributed by atoms with Crippen molar-refractivity contribution in [1.82, 2.24) is 0 Å². The van der Waals surface area contributed by atoms with Crippen LogP contribution in [0.5, 0.6) is 0 Å². The lowest BCUT2D eigenvalue weighted by Gasteiger charge is -2.22. The summed E-state index contributed by atoms with van der Waals surface area (Å²) in [6, 6.07) is 13.3. The Hall–Kier alpha value is -2.73. The van der Waals surface area contributed by atoms with Crippen molar-refractivity contribution in [3.63, 3.8) is 0 Å². The normalized spacial score (nSPS) is 15.5. The van der Waals surface area contributed by atoms with Crippen LogP contribution in [0.15, 0.2) is 48.5 Å². The highest BCUT2D eigenvalue weighted by Crippen LogP contribution is 2.29. The van der Waals surface area contributed by atoms with Crippen molar-refractivity contribution in [3.05, 3.63) is 59.9 Å². The minimum absolute atomic E-state index is 0.0289. The molecule has 0 radical (unpaired) electrons. The molecule has 1 aliphatic carbocycles. The van der Waals surface area contributed by atoms with E-state index in [0.29, 0.717) is 18.5 Å². The standard InChI is InChI=1S/C20H22FN3O2/c21-16-9-8-15(23-19(26)20(22)10-4-5-11-20)13-17(16)24-18(25)12-14-6-2-1-3-7-14/h1-3,6-9,13H,4-5,10-12,22H2,(H,23,26)(H,24,25). The summed E-state index contributed by atoms with van der Waals surface area (Å²) >= 11 is 0. The molecule has 6 heteroatoms. The van der Waals surface area contributed by atoms with Crippen LogP contribution < -0.4 is 16.4 Å². The lowest BCUT2D eigenvalue weighted by atomic mass is 9.98. The molecule has 0 unspecified atom stereocenters. The van der Waals surface area contributed by atoms with E-state index >= 15 is 0 Å². The monoisotopic (exact) mass is 355 g/mol. The van der Waals surface area contributed by atoms with E-state index in [1.54, 1.807) is 0 Å². The second kappa shape index (κ2) is 7.66. The maximum absolute atomic E-state index is 14.0. The number of benzene rings is 2. The van der Waals surface area contributed by atoms with Gasteiger partial charge in [-0.1, -0.05) is 43.2 Å². The topological polar surface area (TPSA) is 84.2 Å². The highest BCUT2D eigenvalue weighted by molar-refractivity contribution is 5.99. The first kappa shape index (κ1) is 18.1. The first-order chi connectivity index (χ1) is 12.5. The van der Waals surface area contributed by atoms with Crippen molar-refractivity contribution in [2.45, 2.75) is 37.6 Å². The number of carbonyl (C=O) groups excluding carboxylic acids is 2. The van der Waals surface area contributed by atoms with E-state index < -0.39 is 11.4 Å². The lowest BCUT2D eigenvalue weighted by molar-refractivity contribution is -0.121. The molecule has 2 amide bonds. The molecule has 136 valence electrons. The van der Waals surface area contributed by atoms with Crippen molar-refractivity contribution in [3.8, 4) is 0 Å². The van der Waals surface area contributed by atoms with E-state index in [1.807, 2.05) is 30.3 Å². The van der Waals surface area contributed by atoms with Crippen molar-refractivity contribution in [1.29, 1.82) is 0 Å². The quantitative estimate of drug-likeness (QED) is 0.770. The molecular formula is C20H22FN3O2. The molecule has 0 saturated heterocycles. The van der Waals surface area contributed by atoms with Crippen LogP contribution in [0.2, 0.25) is 0 Å². The average molecular weight is 355 g/mol. The second-order valence-electron chi connectivity index (χ2n) is 6.72. The van der Waals surface area contributed by atoms with Gasteiger partial charge in [0.2, 0.25) is 11.8 Å². The summed E-state index contributed by atoms with van der Waals surface area (Å²) in [5.41, 5.74) is 6.53. The fraction of sp³-hybridized carbons (Fsp3) is 0.300. The molecule has 1 fully saturated rings. The summed E-state index contributed by atoms with van der Waals surface area (Å²) < 4.78 is 14.0. The van der Waals surface area contributed by atoms with Crippen LogP contribution >= 0.6 is 0 Å². The molecule has 0 aromatic heterocycles.